The average molecular weight is 685 g/mol. The number of thioether (sulfide) groups is 1. The van der Waals surface area contributed by atoms with Gasteiger partial charge in [0, 0.05) is 45.0 Å². The lowest BCUT2D eigenvalue weighted by atomic mass is 9.63. The minimum atomic E-state index is -0.502. The van der Waals surface area contributed by atoms with Crippen molar-refractivity contribution in [3.05, 3.63) is 149 Å². The van der Waals surface area contributed by atoms with Crippen molar-refractivity contribution in [2.24, 2.45) is 9.98 Å². The molecular formula is C46H44N4S. The molecule has 0 saturated carbocycles. The van der Waals surface area contributed by atoms with Gasteiger partial charge in [0.1, 0.15) is 5.54 Å². The molecule has 4 atom stereocenters. The summed E-state index contributed by atoms with van der Waals surface area (Å²) in [5.41, 5.74) is 13.8. The van der Waals surface area contributed by atoms with Crippen LogP contribution in [0.4, 0.5) is 0 Å². The maximum Gasteiger partial charge on any atom is 0.105 e. The molecule has 3 aliphatic heterocycles. The normalized spacial score (nSPS) is 27.8. The van der Waals surface area contributed by atoms with E-state index in [2.05, 4.69) is 137 Å². The van der Waals surface area contributed by atoms with Crippen molar-refractivity contribution in [3.63, 3.8) is 0 Å². The molecule has 2 aliphatic carbocycles. The molecule has 51 heavy (non-hydrogen) atoms. The Balaban J connectivity index is 1.19. The Labute approximate surface area is 306 Å². The third-order valence-corrected chi connectivity index (χ3v) is 13.7. The van der Waals surface area contributed by atoms with Gasteiger partial charge in [-0.25, -0.2) is 4.98 Å². The maximum atomic E-state index is 5.69. The quantitative estimate of drug-likeness (QED) is 0.197. The molecule has 9 rings (SSSR count). The van der Waals surface area contributed by atoms with E-state index in [1.165, 1.54) is 38.3 Å². The first kappa shape index (κ1) is 32.3. The first-order valence-electron chi connectivity index (χ1n) is 18.5. The highest BCUT2D eigenvalue weighted by molar-refractivity contribution is 8.01. The van der Waals surface area contributed by atoms with Gasteiger partial charge in [-0.2, -0.15) is 0 Å². The molecule has 0 radical (unpaired) electrons. The fraction of sp³-hybridized carbons (Fsp3) is 0.304. The SMILES string of the molecule is C[C@@H]1CC=C(c2cccc(C3=CC(C4=CCCC=N4)=NC(C)(c4ccccn4)C3)c2)c2nc(-c3ccccc3)c3c(c21)C1(C)CC=CCC1(C)S3. The van der Waals surface area contributed by atoms with Crippen LogP contribution < -0.4 is 0 Å². The van der Waals surface area contributed by atoms with Gasteiger partial charge in [0.2, 0.25) is 0 Å². The van der Waals surface area contributed by atoms with E-state index < -0.39 is 5.54 Å². The highest BCUT2D eigenvalue weighted by atomic mass is 32.2. The molecule has 3 unspecified atom stereocenters. The predicted octanol–water partition coefficient (Wildman–Crippen LogP) is 11.4. The Bertz CT molecular complexity index is 2240. The third kappa shape index (κ3) is 5.27. The fourth-order valence-corrected chi connectivity index (χ4v) is 10.7. The fourth-order valence-electron chi connectivity index (χ4n) is 8.92. The van der Waals surface area contributed by atoms with Crippen molar-refractivity contribution in [2.45, 2.75) is 92.7 Å². The number of dihydropyridines is 1. The van der Waals surface area contributed by atoms with E-state index in [1.54, 1.807) is 5.56 Å². The van der Waals surface area contributed by atoms with E-state index in [-0.39, 0.29) is 10.2 Å². The van der Waals surface area contributed by atoms with E-state index in [1.807, 2.05) is 18.5 Å². The smallest absolute Gasteiger partial charge is 0.105 e. The lowest BCUT2D eigenvalue weighted by molar-refractivity contribution is 0.347. The van der Waals surface area contributed by atoms with Crippen molar-refractivity contribution < 1.29 is 0 Å². The van der Waals surface area contributed by atoms with Gasteiger partial charge in [0.25, 0.3) is 0 Å². The third-order valence-electron chi connectivity index (χ3n) is 12.0. The molecule has 0 N–H and O–H groups in total. The van der Waals surface area contributed by atoms with E-state index in [4.69, 9.17) is 20.0 Å². The van der Waals surface area contributed by atoms with E-state index in [0.29, 0.717) is 5.92 Å². The maximum absolute atomic E-state index is 5.69. The summed E-state index contributed by atoms with van der Waals surface area (Å²) in [6, 6.07) is 26.1. The Hall–Kier alpha value is -4.61. The first-order chi connectivity index (χ1) is 24.8. The van der Waals surface area contributed by atoms with Gasteiger partial charge in [-0.3, -0.25) is 15.0 Å². The largest absolute Gasteiger partial charge is 0.270 e. The summed E-state index contributed by atoms with van der Waals surface area (Å²) in [6.45, 7) is 9.63. The van der Waals surface area contributed by atoms with Crippen molar-refractivity contribution in [1.82, 2.24) is 9.97 Å². The number of nitrogens with zero attached hydrogens (tertiary/aromatic N) is 4. The molecule has 0 bridgehead atoms. The second-order valence-electron chi connectivity index (χ2n) is 15.5. The van der Waals surface area contributed by atoms with Crippen molar-refractivity contribution >= 4 is 34.8 Å². The molecule has 2 aromatic heterocycles. The molecule has 0 saturated heterocycles. The Kier molecular flexibility index (Phi) is 7.77. The molecule has 254 valence electrons. The lowest BCUT2D eigenvalue weighted by Gasteiger charge is -2.43. The number of aliphatic imine (C=N–C) groups is 2. The van der Waals surface area contributed by atoms with Crippen LogP contribution in [0.3, 0.4) is 0 Å². The zero-order chi connectivity index (χ0) is 34.8. The first-order valence-corrected chi connectivity index (χ1v) is 19.3. The summed E-state index contributed by atoms with van der Waals surface area (Å²) >= 11 is 2.07. The summed E-state index contributed by atoms with van der Waals surface area (Å²) in [5, 5.41) is 0. The Morgan fingerprint density at radius 2 is 1.61 bits per heavy atom. The van der Waals surface area contributed by atoms with Crippen LogP contribution >= 0.6 is 11.8 Å². The van der Waals surface area contributed by atoms with Gasteiger partial charge < -0.3 is 0 Å². The highest BCUT2D eigenvalue weighted by Crippen LogP contribution is 2.65. The van der Waals surface area contributed by atoms with Crippen molar-refractivity contribution in [3.8, 4) is 11.3 Å². The van der Waals surface area contributed by atoms with Gasteiger partial charge in [-0.1, -0.05) is 92.7 Å². The zero-order valence-electron chi connectivity index (χ0n) is 30.0. The highest BCUT2D eigenvalue weighted by Gasteiger charge is 2.55. The molecule has 4 aromatic rings. The number of pyridine rings is 2. The minimum Gasteiger partial charge on any atom is -0.270 e. The predicted molar refractivity (Wildman–Crippen MR) is 214 cm³/mol. The molecule has 5 aliphatic rings. The average Bonchev–Trinajstić information content (AvgIpc) is 3.42. The van der Waals surface area contributed by atoms with Crippen LogP contribution in [0.5, 0.6) is 0 Å². The van der Waals surface area contributed by atoms with Crippen LogP contribution in [0.15, 0.2) is 130 Å². The van der Waals surface area contributed by atoms with Crippen LogP contribution in [-0.4, -0.2) is 26.6 Å². The van der Waals surface area contributed by atoms with Gasteiger partial charge in [-0.05, 0) is 104 Å². The van der Waals surface area contributed by atoms with Crippen molar-refractivity contribution in [2.75, 3.05) is 0 Å². The van der Waals surface area contributed by atoms with Gasteiger partial charge in [0.15, 0.2) is 0 Å². The Morgan fingerprint density at radius 3 is 2.41 bits per heavy atom. The van der Waals surface area contributed by atoms with Gasteiger partial charge >= 0.3 is 0 Å². The minimum absolute atomic E-state index is 0.0335. The molecule has 2 aromatic carbocycles. The molecule has 4 nitrogen and oxygen atoms in total. The molecule has 0 amide bonds. The second-order valence-corrected chi connectivity index (χ2v) is 17.0. The molecular weight excluding hydrogens is 641 g/mol. The van der Waals surface area contributed by atoms with Gasteiger partial charge in [-0.15, -0.1) is 11.8 Å². The topological polar surface area (TPSA) is 50.5 Å². The van der Waals surface area contributed by atoms with Gasteiger partial charge in [0.05, 0.1) is 28.5 Å². The number of hydrogen-bond acceptors (Lipinski definition) is 5. The number of fused-ring (bicyclic) bond motifs is 5. The summed E-state index contributed by atoms with van der Waals surface area (Å²) in [6.07, 6.45) is 21.5. The van der Waals surface area contributed by atoms with Crippen LogP contribution in [-0.2, 0) is 11.0 Å². The summed E-state index contributed by atoms with van der Waals surface area (Å²) < 4.78 is 0.0934. The van der Waals surface area contributed by atoms with E-state index >= 15 is 0 Å². The summed E-state index contributed by atoms with van der Waals surface area (Å²) in [4.78, 5) is 22.0. The second kappa shape index (κ2) is 12.3. The van der Waals surface area contributed by atoms with Crippen LogP contribution in [0.2, 0.25) is 0 Å². The molecule has 5 heterocycles. The summed E-state index contributed by atoms with van der Waals surface area (Å²) in [7, 11) is 0. The van der Waals surface area contributed by atoms with Crippen LogP contribution in [0.1, 0.15) is 106 Å². The Morgan fingerprint density at radius 1 is 0.804 bits per heavy atom. The standard InChI is InChI=1S/C46H44N4S/c1-30-21-22-35(42-39(30)40-43(41(49-42)31-15-6-5-7-16-31)51-46(4)24-11-10-23-44(40,46)2)33-18-14-17-32(27-33)34-28-37(36-19-8-12-25-47-36)50-45(3,29-34)38-20-9-13-26-48-38/h5-7,9-11,13-20,22,25-28,30H,8,12,21,23-24,29H2,1-4H3/t30-,44?,45?,46?/m1/s1. The zero-order valence-corrected chi connectivity index (χ0v) is 30.8. The lowest BCUT2D eigenvalue weighted by Crippen LogP contribution is -2.43. The van der Waals surface area contributed by atoms with E-state index in [9.17, 15) is 0 Å². The monoisotopic (exact) mass is 684 g/mol. The molecule has 5 heteroatoms. The number of hydrogen-bond donors (Lipinski definition) is 0. The number of aromatic nitrogens is 2. The molecule has 0 fully saturated rings. The number of allylic oxidation sites excluding steroid dienone is 5. The number of benzene rings is 2. The van der Waals surface area contributed by atoms with E-state index in [0.717, 1.165) is 67.0 Å². The number of rotatable bonds is 5. The summed E-state index contributed by atoms with van der Waals surface area (Å²) in [5.74, 6) is 0.395. The van der Waals surface area contributed by atoms with Crippen LogP contribution in [0, 0.1) is 0 Å². The van der Waals surface area contributed by atoms with Crippen LogP contribution in [0.25, 0.3) is 22.4 Å². The van der Waals surface area contributed by atoms with Crippen molar-refractivity contribution in [1.29, 1.82) is 0 Å². The molecule has 0 spiro atoms.